The first-order chi connectivity index (χ1) is 13.3. The Hall–Kier alpha value is -2.70. The lowest BCUT2D eigenvalue weighted by Gasteiger charge is -2.45. The lowest BCUT2D eigenvalue weighted by molar-refractivity contribution is 0.0815. The van der Waals surface area contributed by atoms with Crippen LogP contribution in [-0.2, 0) is 5.54 Å². The zero-order valence-corrected chi connectivity index (χ0v) is 16.2. The quantitative estimate of drug-likeness (QED) is 0.825. The molecule has 0 unspecified atom stereocenters. The fraction of sp³-hybridized carbons (Fsp3) is 0.476. The lowest BCUT2D eigenvalue weighted by Crippen LogP contribution is -2.36. The van der Waals surface area contributed by atoms with Crippen molar-refractivity contribution in [2.45, 2.75) is 57.9 Å². The summed E-state index contributed by atoms with van der Waals surface area (Å²) >= 11 is 0. The Labute approximate surface area is 163 Å². The monoisotopic (exact) mass is 384 g/mol. The number of nitrogens with two attached hydrogens (primary N) is 1. The molecule has 0 bridgehead atoms. The van der Waals surface area contributed by atoms with E-state index in [0.29, 0.717) is 23.0 Å². The van der Waals surface area contributed by atoms with Crippen LogP contribution in [-0.4, -0.2) is 16.7 Å². The van der Waals surface area contributed by atoms with E-state index in [-0.39, 0.29) is 16.9 Å². The second-order valence-corrected chi connectivity index (χ2v) is 8.31. The third-order valence-electron chi connectivity index (χ3n) is 6.09. The van der Waals surface area contributed by atoms with Crippen molar-refractivity contribution in [2.24, 2.45) is 16.1 Å². The average molecular weight is 384 g/mol. The minimum Gasteiger partial charge on any atom is -0.448 e. The van der Waals surface area contributed by atoms with E-state index < -0.39 is 11.4 Å². The average Bonchev–Trinajstić information content (AvgIpc) is 2.99. The molecule has 1 saturated carbocycles. The number of benzene rings is 1. The number of halogens is 1. The van der Waals surface area contributed by atoms with Gasteiger partial charge < -0.3 is 15.5 Å². The maximum absolute atomic E-state index is 14.8. The van der Waals surface area contributed by atoms with Crippen LogP contribution in [0.4, 0.5) is 10.1 Å². The van der Waals surface area contributed by atoms with Crippen LogP contribution in [0.3, 0.4) is 0 Å². The first-order valence-corrected chi connectivity index (χ1v) is 9.66. The van der Waals surface area contributed by atoms with Gasteiger partial charge in [0.15, 0.2) is 11.6 Å². The van der Waals surface area contributed by atoms with Crippen LogP contribution in [0.1, 0.15) is 67.4 Å². The van der Waals surface area contributed by atoms with Gasteiger partial charge in [0.05, 0.1) is 11.4 Å². The van der Waals surface area contributed by atoms with Crippen molar-refractivity contribution in [3.8, 4) is 0 Å². The van der Waals surface area contributed by atoms with Crippen molar-refractivity contribution in [1.82, 2.24) is 4.98 Å². The number of carbonyl (C=O) groups is 1. The molecule has 1 atom stereocenters. The molecule has 1 spiro atoms. The van der Waals surface area contributed by atoms with Gasteiger partial charge in [-0.05, 0) is 56.2 Å². The molecule has 2 heterocycles. The molecule has 7 heteroatoms. The summed E-state index contributed by atoms with van der Waals surface area (Å²) in [5, 5.41) is 2.76. The molecule has 2 aromatic rings. The van der Waals surface area contributed by atoms with Gasteiger partial charge in [-0.2, -0.15) is 0 Å². The number of anilines is 1. The fourth-order valence-corrected chi connectivity index (χ4v) is 4.56. The zero-order valence-electron chi connectivity index (χ0n) is 16.2. The molecule has 1 aliphatic heterocycles. The third-order valence-corrected chi connectivity index (χ3v) is 6.09. The van der Waals surface area contributed by atoms with Crippen LogP contribution < -0.4 is 11.1 Å². The Morgan fingerprint density at radius 3 is 2.75 bits per heavy atom. The summed E-state index contributed by atoms with van der Waals surface area (Å²) in [6.07, 6.45) is 7.28. The number of rotatable bonds is 3. The fourth-order valence-electron chi connectivity index (χ4n) is 4.56. The van der Waals surface area contributed by atoms with Crippen LogP contribution >= 0.6 is 0 Å². The van der Waals surface area contributed by atoms with Gasteiger partial charge in [-0.25, -0.2) is 9.37 Å². The number of carbonyl (C=O) groups excluding carboxylic acids is 1. The van der Waals surface area contributed by atoms with Gasteiger partial charge in [-0.1, -0.05) is 6.42 Å². The molecule has 1 aliphatic carbocycles. The minimum absolute atomic E-state index is 0.180. The van der Waals surface area contributed by atoms with Crippen molar-refractivity contribution < 1.29 is 13.6 Å². The van der Waals surface area contributed by atoms with Crippen LogP contribution in [0.25, 0.3) is 0 Å². The molecule has 1 amide bonds. The molecule has 0 radical (unpaired) electrons. The maximum atomic E-state index is 14.8. The van der Waals surface area contributed by atoms with Gasteiger partial charge in [0, 0.05) is 24.6 Å². The number of hydrogen-bond donors (Lipinski definition) is 2. The van der Waals surface area contributed by atoms with E-state index >= 15 is 0 Å². The summed E-state index contributed by atoms with van der Waals surface area (Å²) < 4.78 is 19.9. The smallest absolute Gasteiger partial charge is 0.277 e. The first-order valence-electron chi connectivity index (χ1n) is 9.66. The van der Waals surface area contributed by atoms with Crippen molar-refractivity contribution in [2.75, 3.05) is 5.32 Å². The van der Waals surface area contributed by atoms with Gasteiger partial charge in [0.25, 0.3) is 5.91 Å². The molecule has 1 aromatic heterocycles. The summed E-state index contributed by atoms with van der Waals surface area (Å²) in [6, 6.07) is 4.57. The Balaban J connectivity index is 1.65. The minimum atomic E-state index is -0.754. The van der Waals surface area contributed by atoms with Crippen LogP contribution in [0.5, 0.6) is 0 Å². The molecular formula is C21H25FN4O2. The highest BCUT2D eigenvalue weighted by Gasteiger charge is 2.46. The summed E-state index contributed by atoms with van der Waals surface area (Å²) in [4.78, 5) is 21.1. The van der Waals surface area contributed by atoms with Crippen LogP contribution in [0, 0.1) is 18.2 Å². The van der Waals surface area contributed by atoms with E-state index in [1.54, 1.807) is 13.0 Å². The van der Waals surface area contributed by atoms with E-state index in [1.165, 1.54) is 24.8 Å². The molecule has 1 aromatic carbocycles. The van der Waals surface area contributed by atoms with Gasteiger partial charge in [-0.3, -0.25) is 9.79 Å². The number of nitrogens with one attached hydrogen (secondary N) is 1. The molecule has 4 rings (SSSR count). The number of oxazole rings is 1. The Kier molecular flexibility index (Phi) is 4.48. The largest absolute Gasteiger partial charge is 0.448 e. The summed E-state index contributed by atoms with van der Waals surface area (Å²) in [5.41, 5.74) is 6.69. The first kappa shape index (κ1) is 18.7. The van der Waals surface area contributed by atoms with Crippen LogP contribution in [0.2, 0.25) is 0 Å². The summed E-state index contributed by atoms with van der Waals surface area (Å²) in [7, 11) is 0. The standard InChI is InChI=1S/C21H25FN4O2/c1-13-24-17(11-28-13)19(27)25-14-4-5-16(22)15(10-14)20(2)12-21(7-3-8-21)9-6-18(23)26-20/h4-5,10-11H,3,6-9,12H2,1-2H3,(H2,23,26)(H,25,27)/t20-/m0/s1. The summed E-state index contributed by atoms with van der Waals surface area (Å²) in [5.74, 6) is 0.231. The zero-order chi connectivity index (χ0) is 19.9. The SMILES string of the molecule is Cc1nc(C(=O)Nc2ccc(F)c([C@]3(C)CC4(CCC4)CCC(N)=N3)c2)co1. The Morgan fingerprint density at radius 2 is 2.11 bits per heavy atom. The highest BCUT2D eigenvalue weighted by Crippen LogP contribution is 2.54. The number of aromatic nitrogens is 1. The molecule has 2 aliphatic rings. The van der Waals surface area contributed by atoms with Gasteiger partial charge in [-0.15, -0.1) is 0 Å². The van der Waals surface area contributed by atoms with Gasteiger partial charge >= 0.3 is 0 Å². The third kappa shape index (κ3) is 3.41. The molecular weight excluding hydrogens is 359 g/mol. The number of nitrogens with zero attached hydrogens (tertiary/aromatic N) is 2. The van der Waals surface area contributed by atoms with Crippen molar-refractivity contribution >= 4 is 17.4 Å². The second kappa shape index (κ2) is 6.72. The predicted molar refractivity (Wildman–Crippen MR) is 105 cm³/mol. The molecule has 3 N–H and O–H groups in total. The highest BCUT2D eigenvalue weighted by atomic mass is 19.1. The van der Waals surface area contributed by atoms with E-state index in [4.69, 9.17) is 15.1 Å². The lowest BCUT2D eigenvalue weighted by atomic mass is 9.60. The molecule has 1 fully saturated rings. The number of aliphatic imine (C=N–C) groups is 1. The highest BCUT2D eigenvalue weighted by molar-refractivity contribution is 6.02. The van der Waals surface area contributed by atoms with Crippen molar-refractivity contribution in [3.05, 3.63) is 47.4 Å². The van der Waals surface area contributed by atoms with E-state index in [2.05, 4.69) is 10.3 Å². The topological polar surface area (TPSA) is 93.5 Å². The van der Waals surface area contributed by atoms with Gasteiger partial charge in [0.2, 0.25) is 0 Å². The summed E-state index contributed by atoms with van der Waals surface area (Å²) in [6.45, 7) is 3.61. The number of hydrogen-bond acceptors (Lipinski definition) is 5. The number of amidine groups is 1. The molecule has 148 valence electrons. The Morgan fingerprint density at radius 1 is 1.32 bits per heavy atom. The Bertz CT molecular complexity index is 948. The van der Waals surface area contributed by atoms with Crippen molar-refractivity contribution in [3.63, 3.8) is 0 Å². The van der Waals surface area contributed by atoms with E-state index in [0.717, 1.165) is 32.1 Å². The second-order valence-electron chi connectivity index (χ2n) is 8.31. The maximum Gasteiger partial charge on any atom is 0.277 e. The van der Waals surface area contributed by atoms with Crippen molar-refractivity contribution in [1.29, 1.82) is 0 Å². The number of amides is 1. The normalized spacial score (nSPS) is 23.6. The number of aryl methyl sites for hydroxylation is 1. The molecule has 0 saturated heterocycles. The molecule has 28 heavy (non-hydrogen) atoms. The van der Waals surface area contributed by atoms with Crippen LogP contribution in [0.15, 0.2) is 33.9 Å². The molecule has 6 nitrogen and oxygen atoms in total. The van der Waals surface area contributed by atoms with E-state index in [1.807, 2.05) is 6.92 Å². The van der Waals surface area contributed by atoms with Gasteiger partial charge in [0.1, 0.15) is 12.1 Å². The predicted octanol–water partition coefficient (Wildman–Crippen LogP) is 4.30. The van der Waals surface area contributed by atoms with E-state index in [9.17, 15) is 9.18 Å².